The van der Waals surface area contributed by atoms with E-state index in [0.29, 0.717) is 16.6 Å². The fraction of sp³-hybridized carbons (Fsp3) is 0.562. The molecule has 1 aromatic rings. The fourth-order valence-corrected chi connectivity index (χ4v) is 3.08. The molecule has 0 aromatic heterocycles. The number of anilines is 1. The van der Waals surface area contributed by atoms with Gasteiger partial charge in [-0.2, -0.15) is 0 Å². The Morgan fingerprint density at radius 2 is 2.10 bits per heavy atom. The number of carbonyl (C=O) groups excluding carboxylic acids is 1. The van der Waals surface area contributed by atoms with E-state index in [9.17, 15) is 4.79 Å². The van der Waals surface area contributed by atoms with Crippen LogP contribution in [0.15, 0.2) is 12.1 Å². The maximum atomic E-state index is 12.0. The number of carbonyl (C=O) groups is 1. The molecule has 1 aliphatic heterocycles. The molecule has 1 aliphatic rings. The quantitative estimate of drug-likeness (QED) is 0.800. The number of rotatable bonds is 4. The maximum absolute atomic E-state index is 12.0. The van der Waals surface area contributed by atoms with Crippen molar-refractivity contribution in [2.75, 3.05) is 32.3 Å². The van der Waals surface area contributed by atoms with Gasteiger partial charge in [-0.15, -0.1) is 0 Å². The first kappa shape index (κ1) is 16.1. The smallest absolute Gasteiger partial charge is 0.338 e. The highest BCUT2D eigenvalue weighted by Gasteiger charge is 2.23. The van der Waals surface area contributed by atoms with Crippen molar-refractivity contribution < 1.29 is 14.3 Å². The Morgan fingerprint density at radius 1 is 1.43 bits per heavy atom. The van der Waals surface area contributed by atoms with Gasteiger partial charge in [-0.25, -0.2) is 4.79 Å². The van der Waals surface area contributed by atoms with E-state index in [1.807, 2.05) is 13.0 Å². The second-order valence-electron chi connectivity index (χ2n) is 5.25. The molecule has 0 bridgehead atoms. The van der Waals surface area contributed by atoms with Crippen molar-refractivity contribution in [2.24, 2.45) is 0 Å². The summed E-state index contributed by atoms with van der Waals surface area (Å²) in [7, 11) is 3.45. The van der Waals surface area contributed by atoms with Crippen molar-refractivity contribution in [3.8, 4) is 0 Å². The van der Waals surface area contributed by atoms with Crippen molar-refractivity contribution >= 4 is 23.3 Å². The van der Waals surface area contributed by atoms with Crippen molar-refractivity contribution in [1.82, 2.24) is 0 Å². The standard InChI is InChI=1S/C16H22ClNO3/c1-4-13-14(16(19)20-3)9-11(17)10-15(13)18(2)12-5-7-21-8-6-12/h9-10,12H,4-8H2,1-3H3. The van der Waals surface area contributed by atoms with Crippen molar-refractivity contribution in [3.05, 3.63) is 28.3 Å². The minimum atomic E-state index is -0.337. The number of methoxy groups -OCH3 is 1. The minimum absolute atomic E-state index is 0.337. The Morgan fingerprint density at radius 3 is 2.67 bits per heavy atom. The van der Waals surface area contributed by atoms with Crippen LogP contribution in [0.25, 0.3) is 0 Å². The molecule has 0 N–H and O–H groups in total. The molecule has 5 heteroatoms. The van der Waals surface area contributed by atoms with Crippen LogP contribution in [-0.4, -0.2) is 39.4 Å². The summed E-state index contributed by atoms with van der Waals surface area (Å²) in [5.41, 5.74) is 2.55. The predicted octanol–water partition coefficient (Wildman–Crippen LogP) is 3.30. The summed E-state index contributed by atoms with van der Waals surface area (Å²) < 4.78 is 10.3. The molecular formula is C16H22ClNO3. The van der Waals surface area contributed by atoms with E-state index >= 15 is 0 Å². The Bertz CT molecular complexity index is 512. The summed E-state index contributed by atoms with van der Waals surface area (Å²) in [4.78, 5) is 14.2. The van der Waals surface area contributed by atoms with Crippen molar-refractivity contribution in [1.29, 1.82) is 0 Å². The lowest BCUT2D eigenvalue weighted by Crippen LogP contribution is -2.37. The number of nitrogens with zero attached hydrogens (tertiary/aromatic N) is 1. The zero-order chi connectivity index (χ0) is 15.4. The zero-order valence-electron chi connectivity index (χ0n) is 12.8. The topological polar surface area (TPSA) is 38.8 Å². The van der Waals surface area contributed by atoms with Gasteiger partial charge in [0.2, 0.25) is 0 Å². The fourth-order valence-electron chi connectivity index (χ4n) is 2.87. The first-order chi connectivity index (χ1) is 10.1. The molecule has 0 unspecified atom stereocenters. The molecule has 21 heavy (non-hydrogen) atoms. The molecule has 0 aliphatic carbocycles. The van der Waals surface area contributed by atoms with Crippen LogP contribution < -0.4 is 4.90 Å². The third-order valence-electron chi connectivity index (χ3n) is 4.07. The number of esters is 1. The molecule has 0 spiro atoms. The number of benzene rings is 1. The first-order valence-corrected chi connectivity index (χ1v) is 7.67. The summed E-state index contributed by atoms with van der Waals surface area (Å²) >= 11 is 6.20. The highest BCUT2D eigenvalue weighted by Crippen LogP contribution is 2.31. The predicted molar refractivity (Wildman–Crippen MR) is 84.4 cm³/mol. The van der Waals surface area contributed by atoms with Gasteiger partial charge in [-0.3, -0.25) is 0 Å². The highest BCUT2D eigenvalue weighted by molar-refractivity contribution is 6.31. The van der Waals surface area contributed by atoms with Crippen LogP contribution in [-0.2, 0) is 15.9 Å². The second-order valence-corrected chi connectivity index (χ2v) is 5.69. The molecule has 0 atom stereocenters. The van der Waals surface area contributed by atoms with E-state index in [0.717, 1.165) is 43.7 Å². The van der Waals surface area contributed by atoms with E-state index in [1.54, 1.807) is 6.07 Å². The average Bonchev–Trinajstić information content (AvgIpc) is 2.53. The summed E-state index contributed by atoms with van der Waals surface area (Å²) in [6, 6.07) is 4.03. The van der Waals surface area contributed by atoms with E-state index in [-0.39, 0.29) is 5.97 Å². The van der Waals surface area contributed by atoms with Gasteiger partial charge in [-0.05, 0) is 37.0 Å². The van der Waals surface area contributed by atoms with Gasteiger partial charge < -0.3 is 14.4 Å². The number of hydrogen-bond acceptors (Lipinski definition) is 4. The van der Waals surface area contributed by atoms with Gasteiger partial charge in [-0.1, -0.05) is 18.5 Å². The molecule has 0 radical (unpaired) electrons. The van der Waals surface area contributed by atoms with Gasteiger partial charge in [0.1, 0.15) is 0 Å². The van der Waals surface area contributed by atoms with Crippen LogP contribution in [0.2, 0.25) is 5.02 Å². The number of halogens is 1. The van der Waals surface area contributed by atoms with Crippen LogP contribution in [0.5, 0.6) is 0 Å². The first-order valence-electron chi connectivity index (χ1n) is 7.29. The minimum Gasteiger partial charge on any atom is -0.465 e. The van der Waals surface area contributed by atoms with Gasteiger partial charge in [0.15, 0.2) is 0 Å². The third kappa shape index (κ3) is 3.50. The van der Waals surface area contributed by atoms with Crippen LogP contribution in [0.1, 0.15) is 35.7 Å². The van der Waals surface area contributed by atoms with Crippen molar-refractivity contribution in [2.45, 2.75) is 32.2 Å². The molecule has 4 nitrogen and oxygen atoms in total. The summed E-state index contributed by atoms with van der Waals surface area (Å²) in [6.45, 7) is 3.60. The lowest BCUT2D eigenvalue weighted by Gasteiger charge is -2.34. The van der Waals surface area contributed by atoms with Crippen LogP contribution in [0.3, 0.4) is 0 Å². The van der Waals surface area contributed by atoms with E-state index in [2.05, 4.69) is 11.9 Å². The highest BCUT2D eigenvalue weighted by atomic mass is 35.5. The van der Waals surface area contributed by atoms with Gasteiger partial charge >= 0.3 is 5.97 Å². The number of ether oxygens (including phenoxy) is 2. The van der Waals surface area contributed by atoms with Crippen LogP contribution in [0, 0.1) is 0 Å². The van der Waals surface area contributed by atoms with Crippen molar-refractivity contribution in [3.63, 3.8) is 0 Å². The molecule has 1 saturated heterocycles. The number of hydrogen-bond donors (Lipinski definition) is 0. The Kier molecular flexibility index (Phi) is 5.48. The maximum Gasteiger partial charge on any atom is 0.338 e. The molecule has 116 valence electrons. The molecule has 1 fully saturated rings. The van der Waals surface area contributed by atoms with Crippen LogP contribution >= 0.6 is 11.6 Å². The Hall–Kier alpha value is -1.26. The normalized spacial score (nSPS) is 15.8. The Balaban J connectivity index is 2.41. The second kappa shape index (κ2) is 7.14. The Labute approximate surface area is 131 Å². The van der Waals surface area contributed by atoms with E-state index in [4.69, 9.17) is 21.1 Å². The molecular weight excluding hydrogens is 290 g/mol. The monoisotopic (exact) mass is 311 g/mol. The zero-order valence-corrected chi connectivity index (χ0v) is 13.6. The molecule has 0 saturated carbocycles. The third-order valence-corrected chi connectivity index (χ3v) is 4.29. The van der Waals surface area contributed by atoms with Gasteiger partial charge in [0, 0.05) is 37.0 Å². The van der Waals surface area contributed by atoms with E-state index in [1.165, 1.54) is 7.11 Å². The average molecular weight is 312 g/mol. The van der Waals surface area contributed by atoms with E-state index < -0.39 is 0 Å². The van der Waals surface area contributed by atoms with Gasteiger partial charge in [0.05, 0.1) is 12.7 Å². The van der Waals surface area contributed by atoms with Gasteiger partial charge in [0.25, 0.3) is 0 Å². The largest absolute Gasteiger partial charge is 0.465 e. The lowest BCUT2D eigenvalue weighted by molar-refractivity contribution is 0.0599. The molecule has 1 heterocycles. The van der Waals surface area contributed by atoms with Crippen LogP contribution in [0.4, 0.5) is 5.69 Å². The molecule has 1 aromatic carbocycles. The lowest BCUT2D eigenvalue weighted by atomic mass is 9.99. The SMILES string of the molecule is CCc1c(C(=O)OC)cc(Cl)cc1N(C)C1CCOCC1. The molecule has 2 rings (SSSR count). The summed E-state index contributed by atoms with van der Waals surface area (Å²) in [6.07, 6.45) is 2.73. The molecule has 0 amide bonds. The summed E-state index contributed by atoms with van der Waals surface area (Å²) in [5, 5.41) is 0.557. The summed E-state index contributed by atoms with van der Waals surface area (Å²) in [5.74, 6) is -0.337.